The lowest BCUT2D eigenvalue weighted by molar-refractivity contribution is -0.140. The van der Waals surface area contributed by atoms with E-state index in [1.165, 1.54) is 6.07 Å². The first-order chi connectivity index (χ1) is 12.5. The number of halogens is 3. The predicted octanol–water partition coefficient (Wildman–Crippen LogP) is 3.73. The Hall–Kier alpha value is -2.67. The summed E-state index contributed by atoms with van der Waals surface area (Å²) in [6.45, 7) is 3.15. The Morgan fingerprint density at radius 3 is 2.38 bits per heavy atom. The molecule has 0 spiro atoms. The maximum atomic E-state index is 13.2. The standard InChI is InChI=1S/C19H17F3N4/c20-19(21,22)16-7-6-14-17(25-16)15(13-4-2-1-3-5-13)12-24-18(14)26-10-8-23-9-11-26/h1-7,12,23H,8-11H2. The summed E-state index contributed by atoms with van der Waals surface area (Å²) in [7, 11) is 0. The Morgan fingerprint density at radius 2 is 1.69 bits per heavy atom. The predicted molar refractivity (Wildman–Crippen MR) is 95.1 cm³/mol. The van der Waals surface area contributed by atoms with Crippen LogP contribution in [-0.2, 0) is 6.18 Å². The molecule has 1 aromatic carbocycles. The van der Waals surface area contributed by atoms with Crippen LogP contribution in [0.25, 0.3) is 22.0 Å². The number of aromatic nitrogens is 2. The molecule has 7 heteroatoms. The Labute approximate surface area is 148 Å². The minimum atomic E-state index is -4.49. The molecule has 26 heavy (non-hydrogen) atoms. The normalized spacial score (nSPS) is 15.4. The highest BCUT2D eigenvalue weighted by molar-refractivity contribution is 5.99. The van der Waals surface area contributed by atoms with Crippen LogP contribution >= 0.6 is 0 Å². The van der Waals surface area contributed by atoms with Gasteiger partial charge in [0.05, 0.1) is 5.52 Å². The second kappa shape index (κ2) is 6.57. The molecule has 3 heterocycles. The zero-order valence-electron chi connectivity index (χ0n) is 13.9. The summed E-state index contributed by atoms with van der Waals surface area (Å²) in [4.78, 5) is 10.6. The highest BCUT2D eigenvalue weighted by Crippen LogP contribution is 2.35. The number of pyridine rings is 2. The quantitative estimate of drug-likeness (QED) is 0.758. The van der Waals surface area contributed by atoms with Gasteiger partial charge in [-0.15, -0.1) is 0 Å². The van der Waals surface area contributed by atoms with Crippen LogP contribution < -0.4 is 10.2 Å². The number of alkyl halides is 3. The van der Waals surface area contributed by atoms with Crippen LogP contribution in [0, 0.1) is 0 Å². The average Bonchev–Trinajstić information content (AvgIpc) is 2.67. The largest absolute Gasteiger partial charge is 0.433 e. The van der Waals surface area contributed by atoms with Gasteiger partial charge in [-0.25, -0.2) is 9.97 Å². The van der Waals surface area contributed by atoms with Gasteiger partial charge in [-0.2, -0.15) is 13.2 Å². The van der Waals surface area contributed by atoms with Gasteiger partial charge in [-0.3, -0.25) is 0 Å². The molecule has 1 aliphatic heterocycles. The molecular formula is C19H17F3N4. The lowest BCUT2D eigenvalue weighted by Gasteiger charge is -2.29. The molecule has 134 valence electrons. The van der Waals surface area contributed by atoms with E-state index >= 15 is 0 Å². The fourth-order valence-corrected chi connectivity index (χ4v) is 3.22. The van der Waals surface area contributed by atoms with Crippen LogP contribution in [0.4, 0.5) is 19.0 Å². The smallest absolute Gasteiger partial charge is 0.354 e. The lowest BCUT2D eigenvalue weighted by atomic mass is 10.0. The number of anilines is 1. The maximum absolute atomic E-state index is 13.2. The van der Waals surface area contributed by atoms with Gasteiger partial charge in [0.2, 0.25) is 0 Å². The first-order valence-electron chi connectivity index (χ1n) is 8.42. The Balaban J connectivity index is 1.94. The highest BCUT2D eigenvalue weighted by atomic mass is 19.4. The van der Waals surface area contributed by atoms with Crippen LogP contribution in [0.2, 0.25) is 0 Å². The minimum Gasteiger partial charge on any atom is -0.354 e. The van der Waals surface area contributed by atoms with E-state index < -0.39 is 11.9 Å². The SMILES string of the molecule is FC(F)(F)c1ccc2c(N3CCNCC3)ncc(-c3ccccc3)c2n1. The Morgan fingerprint density at radius 1 is 0.962 bits per heavy atom. The fourth-order valence-electron chi connectivity index (χ4n) is 3.22. The van der Waals surface area contributed by atoms with E-state index in [1.54, 1.807) is 6.20 Å². The van der Waals surface area contributed by atoms with Crippen LogP contribution in [0.15, 0.2) is 48.7 Å². The van der Waals surface area contributed by atoms with E-state index in [0.29, 0.717) is 22.3 Å². The molecule has 0 aliphatic carbocycles. The zero-order chi connectivity index (χ0) is 18.1. The van der Waals surface area contributed by atoms with Gasteiger partial charge in [-0.1, -0.05) is 30.3 Å². The van der Waals surface area contributed by atoms with E-state index in [4.69, 9.17) is 0 Å². The molecule has 1 fully saturated rings. The third kappa shape index (κ3) is 3.10. The van der Waals surface area contributed by atoms with Crippen molar-refractivity contribution >= 4 is 16.7 Å². The summed E-state index contributed by atoms with van der Waals surface area (Å²) >= 11 is 0. The lowest BCUT2D eigenvalue weighted by Crippen LogP contribution is -2.44. The number of hydrogen-bond donors (Lipinski definition) is 1. The molecule has 0 saturated carbocycles. The number of rotatable bonds is 2. The molecule has 4 nitrogen and oxygen atoms in total. The molecule has 4 rings (SSSR count). The molecule has 0 unspecified atom stereocenters. The van der Waals surface area contributed by atoms with E-state index in [-0.39, 0.29) is 0 Å². The average molecular weight is 358 g/mol. The number of benzene rings is 1. The van der Waals surface area contributed by atoms with Gasteiger partial charge >= 0.3 is 6.18 Å². The monoisotopic (exact) mass is 358 g/mol. The summed E-state index contributed by atoms with van der Waals surface area (Å²) in [5, 5.41) is 3.90. The first kappa shape index (κ1) is 16.8. The van der Waals surface area contributed by atoms with Crippen molar-refractivity contribution in [1.29, 1.82) is 0 Å². The van der Waals surface area contributed by atoms with Crippen LogP contribution in [0.1, 0.15) is 5.69 Å². The van der Waals surface area contributed by atoms with Crippen molar-refractivity contribution in [1.82, 2.24) is 15.3 Å². The Bertz CT molecular complexity index is 919. The van der Waals surface area contributed by atoms with Crippen molar-refractivity contribution in [2.45, 2.75) is 6.18 Å². The van der Waals surface area contributed by atoms with Crippen LogP contribution in [0.3, 0.4) is 0 Å². The van der Waals surface area contributed by atoms with Crippen molar-refractivity contribution in [2.75, 3.05) is 31.1 Å². The molecule has 0 radical (unpaired) electrons. The van der Waals surface area contributed by atoms with Crippen molar-refractivity contribution in [3.05, 3.63) is 54.4 Å². The summed E-state index contributed by atoms with van der Waals surface area (Å²) in [6, 6.07) is 11.8. The minimum absolute atomic E-state index is 0.328. The molecule has 1 saturated heterocycles. The zero-order valence-corrected chi connectivity index (χ0v) is 13.9. The van der Waals surface area contributed by atoms with Gasteiger partial charge < -0.3 is 10.2 Å². The number of piperazine rings is 1. The summed E-state index contributed by atoms with van der Waals surface area (Å²) in [5.74, 6) is 0.683. The maximum Gasteiger partial charge on any atom is 0.433 e. The van der Waals surface area contributed by atoms with Gasteiger partial charge in [0.25, 0.3) is 0 Å². The third-order valence-corrected chi connectivity index (χ3v) is 4.50. The van der Waals surface area contributed by atoms with Gasteiger partial charge in [0.15, 0.2) is 0 Å². The molecule has 1 aliphatic rings. The topological polar surface area (TPSA) is 41.0 Å². The van der Waals surface area contributed by atoms with E-state index in [1.807, 2.05) is 30.3 Å². The number of fused-ring (bicyclic) bond motifs is 1. The third-order valence-electron chi connectivity index (χ3n) is 4.50. The summed E-state index contributed by atoms with van der Waals surface area (Å²) < 4.78 is 39.6. The Kier molecular flexibility index (Phi) is 4.24. The highest BCUT2D eigenvalue weighted by Gasteiger charge is 2.33. The van der Waals surface area contributed by atoms with E-state index in [2.05, 4.69) is 20.2 Å². The molecule has 3 aromatic rings. The summed E-state index contributed by atoms with van der Waals surface area (Å²) in [6.07, 6.45) is -2.86. The van der Waals surface area contributed by atoms with Gasteiger partial charge in [-0.05, 0) is 17.7 Å². The van der Waals surface area contributed by atoms with Gasteiger partial charge in [0.1, 0.15) is 11.5 Å². The van der Waals surface area contributed by atoms with Crippen molar-refractivity contribution in [3.63, 3.8) is 0 Å². The van der Waals surface area contributed by atoms with Crippen LogP contribution in [0.5, 0.6) is 0 Å². The second-order valence-corrected chi connectivity index (χ2v) is 6.19. The number of nitrogens with one attached hydrogen (secondary N) is 1. The van der Waals surface area contributed by atoms with Crippen LogP contribution in [-0.4, -0.2) is 36.1 Å². The van der Waals surface area contributed by atoms with Gasteiger partial charge in [0, 0.05) is 43.3 Å². The molecule has 0 atom stereocenters. The molecule has 0 bridgehead atoms. The molecule has 1 N–H and O–H groups in total. The molecular weight excluding hydrogens is 341 g/mol. The van der Waals surface area contributed by atoms with E-state index in [9.17, 15) is 13.2 Å². The fraction of sp³-hybridized carbons (Fsp3) is 0.263. The second-order valence-electron chi connectivity index (χ2n) is 6.19. The number of nitrogens with zero attached hydrogens (tertiary/aromatic N) is 3. The van der Waals surface area contributed by atoms with E-state index in [0.717, 1.165) is 37.8 Å². The molecule has 2 aromatic heterocycles. The van der Waals surface area contributed by atoms with Crippen molar-refractivity contribution < 1.29 is 13.2 Å². The first-order valence-corrected chi connectivity index (χ1v) is 8.42. The van der Waals surface area contributed by atoms with Crippen molar-refractivity contribution in [2.24, 2.45) is 0 Å². The number of hydrogen-bond acceptors (Lipinski definition) is 4. The summed E-state index contributed by atoms with van der Waals surface area (Å²) in [5.41, 5.74) is 0.837. The molecule has 0 amide bonds. The van der Waals surface area contributed by atoms with Crippen molar-refractivity contribution in [3.8, 4) is 11.1 Å².